The van der Waals surface area contributed by atoms with Crippen LogP contribution in [0.2, 0.25) is 0 Å². The zero-order valence-corrected chi connectivity index (χ0v) is 26.5. The Morgan fingerprint density at radius 1 is 1.11 bits per heavy atom. The molecule has 4 aromatic rings. The molecule has 1 aliphatic heterocycles. The van der Waals surface area contributed by atoms with Crippen molar-refractivity contribution in [2.24, 2.45) is 11.7 Å². The summed E-state index contributed by atoms with van der Waals surface area (Å²) in [5.74, 6) is -0.130. The molecule has 4 N–H and O–H groups in total. The zero-order chi connectivity index (χ0) is 31.7. The van der Waals surface area contributed by atoms with Crippen LogP contribution >= 0.6 is 11.3 Å². The highest BCUT2D eigenvalue weighted by Gasteiger charge is 2.42. The van der Waals surface area contributed by atoms with Gasteiger partial charge in [-0.15, -0.1) is 11.3 Å². The van der Waals surface area contributed by atoms with Gasteiger partial charge in [0, 0.05) is 49.6 Å². The summed E-state index contributed by atoms with van der Waals surface area (Å²) in [4.78, 5) is 38.7. The van der Waals surface area contributed by atoms with E-state index in [0.29, 0.717) is 12.4 Å². The predicted molar refractivity (Wildman–Crippen MR) is 171 cm³/mol. The maximum absolute atomic E-state index is 14.0. The SMILES string of the molecule is Cc1ncsc1-c1ccc(CNC(=O)[C@@H]2C[C@@H](O)CN2C(=O)C(C(C)C)n2cc(-c3ccnc(O[C@H]4C[C@@H](N)C4)c3)cn2)cc1. The van der Waals surface area contributed by atoms with Gasteiger partial charge in [-0.3, -0.25) is 14.3 Å². The number of benzene rings is 1. The molecule has 45 heavy (non-hydrogen) atoms. The van der Waals surface area contributed by atoms with Crippen molar-refractivity contribution in [2.45, 2.75) is 76.9 Å². The molecule has 3 atom stereocenters. The number of thiazole rings is 1. The van der Waals surface area contributed by atoms with Crippen LogP contribution < -0.4 is 15.8 Å². The van der Waals surface area contributed by atoms with Crippen molar-refractivity contribution < 1.29 is 19.4 Å². The molecule has 11 nitrogen and oxygen atoms in total. The van der Waals surface area contributed by atoms with Gasteiger partial charge < -0.3 is 25.8 Å². The van der Waals surface area contributed by atoms with E-state index in [0.717, 1.165) is 45.7 Å². The summed E-state index contributed by atoms with van der Waals surface area (Å²) in [6, 6.07) is 10.5. The first-order valence-electron chi connectivity index (χ1n) is 15.3. The summed E-state index contributed by atoms with van der Waals surface area (Å²) in [6.07, 6.45) is 6.34. The first-order valence-corrected chi connectivity index (χ1v) is 16.2. The molecular weight excluding hydrogens is 590 g/mol. The van der Waals surface area contributed by atoms with E-state index >= 15 is 0 Å². The van der Waals surface area contributed by atoms with Crippen LogP contribution in [0, 0.1) is 12.8 Å². The number of hydrogen-bond acceptors (Lipinski definition) is 9. The maximum Gasteiger partial charge on any atom is 0.248 e. The number of likely N-dealkylation sites (tertiary alicyclic amines) is 1. The Balaban J connectivity index is 1.12. The largest absolute Gasteiger partial charge is 0.474 e. The van der Waals surface area contributed by atoms with E-state index in [1.54, 1.807) is 28.4 Å². The fourth-order valence-corrected chi connectivity index (χ4v) is 6.82. The molecule has 0 radical (unpaired) electrons. The smallest absolute Gasteiger partial charge is 0.248 e. The topological polar surface area (TPSA) is 148 Å². The van der Waals surface area contributed by atoms with Crippen LogP contribution in [0.1, 0.15) is 50.4 Å². The predicted octanol–water partition coefficient (Wildman–Crippen LogP) is 3.72. The van der Waals surface area contributed by atoms with Crippen molar-refractivity contribution in [1.29, 1.82) is 0 Å². The number of aryl methyl sites for hydroxylation is 1. The molecule has 1 saturated carbocycles. The van der Waals surface area contributed by atoms with Gasteiger partial charge in [0.05, 0.1) is 28.4 Å². The molecule has 6 rings (SSSR count). The standard InChI is InChI=1S/C33H39N7O4S/c1-19(2)30(40-16-24(15-38-40)23-8-9-35-29(10-23)44-27-11-25(34)12-27)33(43)39-17-26(41)13-28(39)32(42)36-14-21-4-6-22(7-5-21)31-20(3)37-18-45-31/h4-10,15-16,18-19,25-28,30,41H,11-14,17,34H2,1-3H3,(H,36,42)/t25-,26-,27+,28+,30?/m1/s1. The Morgan fingerprint density at radius 2 is 1.89 bits per heavy atom. The average Bonchev–Trinajstić information content (AvgIpc) is 3.76. The Morgan fingerprint density at radius 3 is 2.58 bits per heavy atom. The van der Waals surface area contributed by atoms with Gasteiger partial charge in [0.15, 0.2) is 0 Å². The quantitative estimate of drug-likeness (QED) is 0.240. The average molecular weight is 630 g/mol. The number of nitrogens with two attached hydrogens (primary N) is 1. The summed E-state index contributed by atoms with van der Waals surface area (Å²) in [6.45, 7) is 6.29. The van der Waals surface area contributed by atoms with Gasteiger partial charge in [-0.25, -0.2) is 9.97 Å². The molecule has 2 amide bonds. The maximum atomic E-state index is 14.0. The van der Waals surface area contributed by atoms with Gasteiger partial charge in [0.1, 0.15) is 18.2 Å². The van der Waals surface area contributed by atoms with E-state index in [1.165, 1.54) is 4.90 Å². The molecule has 3 aromatic heterocycles. The van der Waals surface area contributed by atoms with Crippen molar-refractivity contribution in [3.05, 3.63) is 71.8 Å². The van der Waals surface area contributed by atoms with Gasteiger partial charge in [-0.1, -0.05) is 38.1 Å². The van der Waals surface area contributed by atoms with E-state index in [9.17, 15) is 14.7 Å². The minimum absolute atomic E-state index is 0.0772. The first-order chi connectivity index (χ1) is 21.7. The van der Waals surface area contributed by atoms with Gasteiger partial charge in [0.2, 0.25) is 17.7 Å². The lowest BCUT2D eigenvalue weighted by molar-refractivity contribution is -0.142. The molecule has 1 aliphatic carbocycles. The Labute approximate surface area is 266 Å². The van der Waals surface area contributed by atoms with Gasteiger partial charge >= 0.3 is 0 Å². The van der Waals surface area contributed by atoms with Crippen LogP contribution in [0.25, 0.3) is 21.6 Å². The number of β-amino-alcohol motifs (C(OH)–C–C–N with tert-alkyl or cyclic N) is 1. The number of carbonyl (C=O) groups excluding carboxylic acids is 2. The molecule has 1 saturated heterocycles. The summed E-state index contributed by atoms with van der Waals surface area (Å²) < 4.78 is 7.61. The number of carbonyl (C=O) groups is 2. The number of aromatic nitrogens is 4. The minimum Gasteiger partial charge on any atom is -0.474 e. The third kappa shape index (κ3) is 6.77. The van der Waals surface area contributed by atoms with Crippen LogP contribution in [0.3, 0.4) is 0 Å². The summed E-state index contributed by atoms with van der Waals surface area (Å²) in [7, 11) is 0. The Kier molecular flexibility index (Phi) is 8.97. The number of aliphatic hydroxyl groups excluding tert-OH is 1. The lowest BCUT2D eigenvalue weighted by Gasteiger charge is -2.32. The van der Waals surface area contributed by atoms with Crippen LogP contribution in [0.5, 0.6) is 5.88 Å². The van der Waals surface area contributed by atoms with Crippen molar-refractivity contribution in [2.75, 3.05) is 6.54 Å². The molecule has 12 heteroatoms. The number of amides is 2. The highest BCUT2D eigenvalue weighted by atomic mass is 32.1. The number of nitrogens with one attached hydrogen (secondary N) is 1. The molecule has 0 spiro atoms. The molecule has 0 bridgehead atoms. The van der Waals surface area contributed by atoms with Crippen molar-refractivity contribution in [1.82, 2.24) is 30.0 Å². The van der Waals surface area contributed by atoms with E-state index in [4.69, 9.17) is 10.5 Å². The minimum atomic E-state index is -0.784. The lowest BCUT2D eigenvalue weighted by atomic mass is 9.90. The monoisotopic (exact) mass is 629 g/mol. The second kappa shape index (κ2) is 13.1. The summed E-state index contributed by atoms with van der Waals surface area (Å²) in [5.41, 5.74) is 12.4. The molecule has 2 aliphatic rings. The molecule has 1 unspecified atom stereocenters. The fourth-order valence-electron chi connectivity index (χ4n) is 6.01. The van der Waals surface area contributed by atoms with E-state index < -0.39 is 18.2 Å². The van der Waals surface area contributed by atoms with Crippen LogP contribution in [-0.4, -0.2) is 72.4 Å². The summed E-state index contributed by atoms with van der Waals surface area (Å²) in [5, 5.41) is 18.1. The first kappa shape index (κ1) is 30.9. The van der Waals surface area contributed by atoms with Crippen LogP contribution in [-0.2, 0) is 16.1 Å². The van der Waals surface area contributed by atoms with Crippen molar-refractivity contribution in [3.63, 3.8) is 0 Å². The highest BCUT2D eigenvalue weighted by molar-refractivity contribution is 7.13. The number of aliphatic hydroxyl groups is 1. The normalized spacial score (nSPS) is 21.9. The van der Waals surface area contributed by atoms with Crippen LogP contribution in [0.15, 0.2) is 60.5 Å². The van der Waals surface area contributed by atoms with E-state index in [2.05, 4.69) is 20.4 Å². The molecule has 1 aromatic carbocycles. The third-order valence-electron chi connectivity index (χ3n) is 8.55. The molecule has 2 fully saturated rings. The lowest BCUT2D eigenvalue weighted by Crippen LogP contribution is -2.49. The zero-order valence-electron chi connectivity index (χ0n) is 25.7. The van der Waals surface area contributed by atoms with Crippen molar-refractivity contribution >= 4 is 23.2 Å². The molecule has 4 heterocycles. The number of nitrogens with zero attached hydrogens (tertiary/aromatic N) is 5. The van der Waals surface area contributed by atoms with Gasteiger partial charge in [-0.2, -0.15) is 5.10 Å². The second-order valence-electron chi connectivity index (χ2n) is 12.3. The number of rotatable bonds is 10. The third-order valence-corrected chi connectivity index (χ3v) is 9.53. The Hall–Kier alpha value is -4.13. The number of pyridine rings is 1. The molecular formula is C33H39N7O4S. The summed E-state index contributed by atoms with van der Waals surface area (Å²) >= 11 is 1.60. The fraction of sp³-hybridized carbons (Fsp3) is 0.424. The second-order valence-corrected chi connectivity index (χ2v) is 13.2. The molecule has 236 valence electrons. The number of hydrogen-bond donors (Lipinski definition) is 3. The van der Waals surface area contributed by atoms with E-state index in [1.807, 2.05) is 68.9 Å². The van der Waals surface area contributed by atoms with Crippen molar-refractivity contribution in [3.8, 4) is 27.4 Å². The van der Waals surface area contributed by atoms with E-state index in [-0.39, 0.29) is 42.8 Å². The van der Waals surface area contributed by atoms with Gasteiger partial charge in [-0.05, 0) is 48.4 Å². The highest BCUT2D eigenvalue weighted by Crippen LogP contribution is 2.31. The number of ether oxygens (including phenoxy) is 1. The van der Waals surface area contributed by atoms with Crippen LogP contribution in [0.4, 0.5) is 0 Å². The van der Waals surface area contributed by atoms with Gasteiger partial charge in [0.25, 0.3) is 0 Å². The Bertz CT molecular complexity index is 1650.